The number of hydrogen-bond donors (Lipinski definition) is 2. The van der Waals surface area contributed by atoms with Gasteiger partial charge in [0.05, 0.1) is 43.5 Å². The summed E-state index contributed by atoms with van der Waals surface area (Å²) >= 11 is 3.62. The minimum atomic E-state index is 0.865. The van der Waals surface area contributed by atoms with Crippen molar-refractivity contribution in [1.29, 1.82) is 0 Å². The third kappa shape index (κ3) is 4.00. The van der Waals surface area contributed by atoms with Gasteiger partial charge < -0.3 is 10.6 Å². The van der Waals surface area contributed by atoms with Crippen molar-refractivity contribution < 1.29 is 0 Å². The summed E-state index contributed by atoms with van der Waals surface area (Å²) in [6, 6.07) is 12.9. The molecule has 32 heavy (non-hydrogen) atoms. The number of benzene rings is 2. The average molecular weight is 461 g/mol. The molecule has 0 unspecified atom stereocenters. The van der Waals surface area contributed by atoms with Gasteiger partial charge in [0.25, 0.3) is 0 Å². The third-order valence-electron chi connectivity index (χ3n) is 5.79. The maximum atomic E-state index is 4.84. The first-order valence-electron chi connectivity index (χ1n) is 11.2. The van der Waals surface area contributed by atoms with Crippen LogP contribution in [0.1, 0.15) is 34.0 Å². The molecular weight excluding hydrogens is 436 g/mol. The molecule has 0 atom stereocenters. The molecule has 2 aliphatic rings. The van der Waals surface area contributed by atoms with E-state index in [9.17, 15) is 0 Å². The zero-order valence-electron chi connectivity index (χ0n) is 17.7. The van der Waals surface area contributed by atoms with Crippen molar-refractivity contribution in [1.82, 2.24) is 20.6 Å². The summed E-state index contributed by atoms with van der Waals surface area (Å²) in [5, 5.41) is 9.14. The SMILES string of the molecule is c1cc2nc(CCCCc3nc4ccc(C5=NCCN5)cc4s3)sc2cc1C1=NCCN1. The van der Waals surface area contributed by atoms with Crippen LogP contribution in [0.2, 0.25) is 0 Å². The summed E-state index contributed by atoms with van der Waals surface area (Å²) in [5.41, 5.74) is 4.52. The van der Waals surface area contributed by atoms with E-state index < -0.39 is 0 Å². The summed E-state index contributed by atoms with van der Waals surface area (Å²) in [4.78, 5) is 18.7. The van der Waals surface area contributed by atoms with Crippen LogP contribution in [-0.4, -0.2) is 47.8 Å². The van der Waals surface area contributed by atoms with Crippen LogP contribution in [-0.2, 0) is 12.8 Å². The molecule has 6 rings (SSSR count). The van der Waals surface area contributed by atoms with Crippen molar-refractivity contribution in [2.75, 3.05) is 26.2 Å². The second-order valence-electron chi connectivity index (χ2n) is 8.10. The van der Waals surface area contributed by atoms with E-state index in [0.29, 0.717) is 0 Å². The highest BCUT2D eigenvalue weighted by atomic mass is 32.1. The highest BCUT2D eigenvalue weighted by Crippen LogP contribution is 2.27. The number of thiazole rings is 2. The second-order valence-corrected chi connectivity index (χ2v) is 10.3. The van der Waals surface area contributed by atoms with Gasteiger partial charge in [-0.05, 0) is 62.1 Å². The van der Waals surface area contributed by atoms with Gasteiger partial charge in [-0.2, -0.15) is 0 Å². The minimum absolute atomic E-state index is 0.865. The first-order valence-corrected chi connectivity index (χ1v) is 12.8. The fourth-order valence-electron chi connectivity index (χ4n) is 4.19. The Kier molecular flexibility index (Phi) is 5.32. The van der Waals surface area contributed by atoms with Crippen LogP contribution in [0, 0.1) is 0 Å². The van der Waals surface area contributed by atoms with E-state index in [4.69, 9.17) is 9.97 Å². The Bertz CT molecular complexity index is 1250. The number of aliphatic imine (C=N–C) groups is 2. The van der Waals surface area contributed by atoms with Crippen LogP contribution in [0.5, 0.6) is 0 Å². The Balaban J connectivity index is 1.07. The largest absolute Gasteiger partial charge is 0.368 e. The summed E-state index contributed by atoms with van der Waals surface area (Å²) in [6.07, 6.45) is 4.30. The number of nitrogens with one attached hydrogen (secondary N) is 2. The average Bonchev–Trinajstić information content (AvgIpc) is 3.61. The normalized spacial score (nSPS) is 15.8. The van der Waals surface area contributed by atoms with Crippen LogP contribution in [0.15, 0.2) is 46.4 Å². The van der Waals surface area contributed by atoms with Gasteiger partial charge in [-0.1, -0.05) is 0 Å². The second kappa shape index (κ2) is 8.60. The van der Waals surface area contributed by atoms with Crippen molar-refractivity contribution in [3.8, 4) is 0 Å². The van der Waals surface area contributed by atoms with Gasteiger partial charge in [-0.15, -0.1) is 22.7 Å². The summed E-state index contributed by atoms with van der Waals surface area (Å²) in [7, 11) is 0. The minimum Gasteiger partial charge on any atom is -0.368 e. The first-order chi connectivity index (χ1) is 15.8. The maximum absolute atomic E-state index is 4.84. The molecule has 4 aromatic rings. The Morgan fingerprint density at radius 2 is 1.19 bits per heavy atom. The van der Waals surface area contributed by atoms with E-state index in [1.165, 1.54) is 30.5 Å². The lowest BCUT2D eigenvalue weighted by Gasteiger charge is -2.01. The van der Waals surface area contributed by atoms with Crippen LogP contribution >= 0.6 is 22.7 Å². The van der Waals surface area contributed by atoms with E-state index in [1.807, 2.05) is 22.7 Å². The van der Waals surface area contributed by atoms with Crippen LogP contribution in [0.25, 0.3) is 20.4 Å². The van der Waals surface area contributed by atoms with Gasteiger partial charge in [0.2, 0.25) is 0 Å². The van der Waals surface area contributed by atoms with Gasteiger partial charge >= 0.3 is 0 Å². The van der Waals surface area contributed by atoms with Gasteiger partial charge in [-0.3, -0.25) is 9.98 Å². The van der Waals surface area contributed by atoms with Gasteiger partial charge in [0.1, 0.15) is 11.7 Å². The topological polar surface area (TPSA) is 74.6 Å². The number of amidine groups is 2. The number of aromatic nitrogens is 2. The molecule has 8 heteroatoms. The fourth-order valence-corrected chi connectivity index (χ4v) is 6.28. The standard InChI is InChI=1S/C24H24N6S2/c1(3-21-29-17-7-5-15(13-19(17)31-21)23-25-9-10-26-23)2-4-22-30-18-8-6-16(14-20(18)32-22)24-27-11-12-28-24/h5-8,13-14H,1-4,9-12H2,(H,25,26)(H,27,28). The van der Waals surface area contributed by atoms with E-state index >= 15 is 0 Å². The molecule has 2 N–H and O–H groups in total. The van der Waals surface area contributed by atoms with Crippen molar-refractivity contribution in [2.45, 2.75) is 25.7 Å². The number of rotatable bonds is 7. The number of unbranched alkanes of at least 4 members (excludes halogenated alkanes) is 1. The molecule has 0 bridgehead atoms. The molecule has 0 saturated carbocycles. The summed E-state index contributed by atoms with van der Waals surface area (Å²) in [5.74, 6) is 2.02. The van der Waals surface area contributed by atoms with E-state index in [-0.39, 0.29) is 0 Å². The molecule has 0 amide bonds. The molecule has 0 fully saturated rings. The molecule has 4 heterocycles. The Hall–Kier alpha value is -2.84. The molecule has 2 aliphatic heterocycles. The Labute approximate surface area is 194 Å². The molecular formula is C24H24N6S2. The zero-order chi connectivity index (χ0) is 21.3. The van der Waals surface area contributed by atoms with Crippen LogP contribution in [0.3, 0.4) is 0 Å². The molecule has 0 spiro atoms. The van der Waals surface area contributed by atoms with Crippen molar-refractivity contribution in [2.24, 2.45) is 9.98 Å². The molecule has 0 saturated heterocycles. The van der Waals surface area contributed by atoms with Crippen molar-refractivity contribution >= 4 is 54.8 Å². The lowest BCUT2D eigenvalue weighted by Crippen LogP contribution is -2.19. The maximum Gasteiger partial charge on any atom is 0.128 e. The van der Waals surface area contributed by atoms with Gasteiger partial charge in [0.15, 0.2) is 0 Å². The monoisotopic (exact) mass is 460 g/mol. The van der Waals surface area contributed by atoms with Crippen molar-refractivity contribution in [3.63, 3.8) is 0 Å². The molecule has 0 aliphatic carbocycles. The molecule has 0 radical (unpaired) electrons. The fraction of sp³-hybridized carbons (Fsp3) is 0.333. The van der Waals surface area contributed by atoms with Crippen molar-refractivity contribution in [3.05, 3.63) is 57.5 Å². The smallest absolute Gasteiger partial charge is 0.128 e. The molecule has 2 aromatic carbocycles. The predicted octanol–water partition coefficient (Wildman–Crippen LogP) is 4.17. The molecule has 6 nitrogen and oxygen atoms in total. The third-order valence-corrected chi connectivity index (χ3v) is 7.95. The Morgan fingerprint density at radius 1 is 0.688 bits per heavy atom. The number of hydrogen-bond acceptors (Lipinski definition) is 8. The van der Waals surface area contributed by atoms with Crippen LogP contribution < -0.4 is 10.6 Å². The van der Waals surface area contributed by atoms with E-state index in [2.05, 4.69) is 57.0 Å². The molecule has 162 valence electrons. The Morgan fingerprint density at radius 3 is 1.62 bits per heavy atom. The highest BCUT2D eigenvalue weighted by molar-refractivity contribution is 7.18. The number of aryl methyl sites for hydroxylation is 2. The van der Waals surface area contributed by atoms with E-state index in [0.717, 1.165) is 74.6 Å². The summed E-state index contributed by atoms with van der Waals surface area (Å²) < 4.78 is 2.49. The zero-order valence-corrected chi connectivity index (χ0v) is 19.4. The number of nitrogens with zero attached hydrogens (tertiary/aromatic N) is 4. The van der Waals surface area contributed by atoms with Gasteiger partial charge in [-0.25, -0.2) is 9.97 Å². The molecule has 2 aromatic heterocycles. The first kappa shape index (κ1) is 19.8. The number of fused-ring (bicyclic) bond motifs is 2. The lowest BCUT2D eigenvalue weighted by molar-refractivity contribution is 0.730. The quantitative estimate of drug-likeness (QED) is 0.406. The van der Waals surface area contributed by atoms with E-state index in [1.54, 1.807) is 0 Å². The predicted molar refractivity (Wildman–Crippen MR) is 135 cm³/mol. The van der Waals surface area contributed by atoms with Gasteiger partial charge in [0, 0.05) is 24.2 Å². The lowest BCUT2D eigenvalue weighted by atomic mass is 10.2. The highest BCUT2D eigenvalue weighted by Gasteiger charge is 2.12. The van der Waals surface area contributed by atoms with Crippen LogP contribution in [0.4, 0.5) is 0 Å². The summed E-state index contributed by atoms with van der Waals surface area (Å²) in [6.45, 7) is 3.60.